The van der Waals surface area contributed by atoms with Gasteiger partial charge in [0.1, 0.15) is 18.0 Å². The van der Waals surface area contributed by atoms with Gasteiger partial charge in [-0.25, -0.2) is 9.97 Å². The molecule has 0 aromatic carbocycles. The average molecular weight is 263 g/mol. The van der Waals surface area contributed by atoms with E-state index in [1.165, 1.54) is 12.8 Å². The fraction of sp³-hybridized carbons (Fsp3) is 0.714. The Kier molecular flexibility index (Phi) is 4.58. The minimum atomic E-state index is 0.242. The standard InChI is InChI=1S/C14H25N5/c1-14(2,3)9-17-13-7-12(18-10-19-13)16-8-11-5-4-6-15-11/h7,10-11,15H,4-6,8-9H2,1-3H3,(H2,16,17,18,19). The van der Waals surface area contributed by atoms with Gasteiger partial charge >= 0.3 is 0 Å². The lowest BCUT2D eigenvalue weighted by Gasteiger charge is -2.19. The van der Waals surface area contributed by atoms with Gasteiger partial charge in [0, 0.05) is 25.2 Å². The van der Waals surface area contributed by atoms with Crippen LogP contribution >= 0.6 is 0 Å². The average Bonchev–Trinajstić information content (AvgIpc) is 2.87. The fourth-order valence-electron chi connectivity index (χ4n) is 2.07. The molecule has 1 aliphatic heterocycles. The first-order valence-corrected chi connectivity index (χ1v) is 7.06. The van der Waals surface area contributed by atoms with Crippen LogP contribution in [0.1, 0.15) is 33.6 Å². The molecular weight excluding hydrogens is 238 g/mol. The Labute approximate surface area is 115 Å². The van der Waals surface area contributed by atoms with Gasteiger partial charge in [0.15, 0.2) is 0 Å². The van der Waals surface area contributed by atoms with Crippen LogP contribution in [0.5, 0.6) is 0 Å². The number of hydrogen-bond donors (Lipinski definition) is 3. The Balaban J connectivity index is 1.84. The molecule has 1 aromatic rings. The van der Waals surface area contributed by atoms with E-state index in [0.717, 1.165) is 31.3 Å². The number of nitrogens with one attached hydrogen (secondary N) is 3. The molecule has 0 radical (unpaired) electrons. The van der Waals surface area contributed by atoms with Gasteiger partial charge in [0.25, 0.3) is 0 Å². The predicted octanol–water partition coefficient (Wildman–Crippen LogP) is 2.10. The van der Waals surface area contributed by atoms with Crippen LogP contribution in [-0.2, 0) is 0 Å². The van der Waals surface area contributed by atoms with Crippen LogP contribution in [0.4, 0.5) is 11.6 Å². The summed E-state index contributed by atoms with van der Waals surface area (Å²) in [6.45, 7) is 9.56. The zero-order chi connectivity index (χ0) is 13.7. The van der Waals surface area contributed by atoms with Crippen LogP contribution in [-0.4, -0.2) is 35.6 Å². The first-order valence-electron chi connectivity index (χ1n) is 7.06. The molecule has 19 heavy (non-hydrogen) atoms. The number of nitrogens with zero attached hydrogens (tertiary/aromatic N) is 2. The first kappa shape index (κ1) is 14.1. The minimum absolute atomic E-state index is 0.242. The molecule has 1 saturated heterocycles. The molecule has 0 aliphatic carbocycles. The largest absolute Gasteiger partial charge is 0.369 e. The topological polar surface area (TPSA) is 61.9 Å². The third-order valence-corrected chi connectivity index (χ3v) is 3.16. The SMILES string of the molecule is CC(C)(C)CNc1cc(NCC2CCCN2)ncn1. The number of aromatic nitrogens is 2. The second-order valence-electron chi connectivity index (χ2n) is 6.38. The minimum Gasteiger partial charge on any atom is -0.369 e. The summed E-state index contributed by atoms with van der Waals surface area (Å²) in [5.41, 5.74) is 0.242. The summed E-state index contributed by atoms with van der Waals surface area (Å²) in [5.74, 6) is 1.77. The third-order valence-electron chi connectivity index (χ3n) is 3.16. The van der Waals surface area contributed by atoms with E-state index in [9.17, 15) is 0 Å². The summed E-state index contributed by atoms with van der Waals surface area (Å²) in [4.78, 5) is 8.50. The van der Waals surface area contributed by atoms with E-state index in [2.05, 4.69) is 46.7 Å². The van der Waals surface area contributed by atoms with Gasteiger partial charge in [-0.1, -0.05) is 20.8 Å². The van der Waals surface area contributed by atoms with Gasteiger partial charge in [-0.2, -0.15) is 0 Å². The molecule has 1 aromatic heterocycles. The van der Waals surface area contributed by atoms with Crippen LogP contribution in [0.15, 0.2) is 12.4 Å². The van der Waals surface area contributed by atoms with Crippen molar-refractivity contribution >= 4 is 11.6 Å². The van der Waals surface area contributed by atoms with E-state index in [1.54, 1.807) is 6.33 Å². The molecule has 2 heterocycles. The van der Waals surface area contributed by atoms with Crippen molar-refractivity contribution in [3.05, 3.63) is 12.4 Å². The Bertz CT molecular complexity index is 393. The first-order chi connectivity index (χ1) is 9.03. The summed E-state index contributed by atoms with van der Waals surface area (Å²) in [5, 5.41) is 10.2. The normalized spacial score (nSPS) is 19.4. The maximum Gasteiger partial charge on any atom is 0.131 e. The van der Waals surface area contributed by atoms with Crippen molar-refractivity contribution < 1.29 is 0 Å². The van der Waals surface area contributed by atoms with Crippen LogP contribution in [0.3, 0.4) is 0 Å². The van der Waals surface area contributed by atoms with E-state index in [-0.39, 0.29) is 5.41 Å². The van der Waals surface area contributed by atoms with Crippen LogP contribution in [0.25, 0.3) is 0 Å². The molecular formula is C14H25N5. The predicted molar refractivity (Wildman–Crippen MR) is 79.5 cm³/mol. The molecule has 0 amide bonds. The molecule has 106 valence electrons. The number of hydrogen-bond acceptors (Lipinski definition) is 5. The summed E-state index contributed by atoms with van der Waals surface area (Å²) in [6, 6.07) is 2.54. The molecule has 1 fully saturated rings. The second-order valence-corrected chi connectivity index (χ2v) is 6.38. The summed E-state index contributed by atoms with van der Waals surface area (Å²) >= 11 is 0. The third kappa shape index (κ3) is 5.03. The van der Waals surface area contributed by atoms with Crippen LogP contribution in [0.2, 0.25) is 0 Å². The van der Waals surface area contributed by atoms with Gasteiger partial charge in [-0.3, -0.25) is 0 Å². The number of rotatable bonds is 5. The van der Waals surface area contributed by atoms with Crippen LogP contribution in [0, 0.1) is 5.41 Å². The van der Waals surface area contributed by atoms with E-state index in [1.807, 2.05) is 6.07 Å². The van der Waals surface area contributed by atoms with Gasteiger partial charge in [0.05, 0.1) is 0 Å². The molecule has 3 N–H and O–H groups in total. The Hall–Kier alpha value is -1.36. The van der Waals surface area contributed by atoms with Gasteiger partial charge in [0.2, 0.25) is 0 Å². The highest BCUT2D eigenvalue weighted by Crippen LogP contribution is 2.15. The Morgan fingerprint density at radius 1 is 1.26 bits per heavy atom. The van der Waals surface area contributed by atoms with E-state index >= 15 is 0 Å². The molecule has 0 spiro atoms. The lowest BCUT2D eigenvalue weighted by Crippen LogP contribution is -2.29. The zero-order valence-corrected chi connectivity index (χ0v) is 12.2. The maximum atomic E-state index is 4.25. The highest BCUT2D eigenvalue weighted by atomic mass is 15.1. The smallest absolute Gasteiger partial charge is 0.131 e. The summed E-state index contributed by atoms with van der Waals surface area (Å²) in [7, 11) is 0. The number of anilines is 2. The monoisotopic (exact) mass is 263 g/mol. The molecule has 0 bridgehead atoms. The lowest BCUT2D eigenvalue weighted by atomic mass is 9.97. The van der Waals surface area contributed by atoms with Gasteiger partial charge in [-0.15, -0.1) is 0 Å². The van der Waals surface area contributed by atoms with Crippen molar-refractivity contribution in [3.8, 4) is 0 Å². The molecule has 2 rings (SSSR count). The van der Waals surface area contributed by atoms with Gasteiger partial charge in [-0.05, 0) is 24.8 Å². The quantitative estimate of drug-likeness (QED) is 0.759. The molecule has 1 aliphatic rings. The lowest BCUT2D eigenvalue weighted by molar-refractivity contribution is 0.442. The highest BCUT2D eigenvalue weighted by Gasteiger charge is 2.14. The fourth-order valence-corrected chi connectivity index (χ4v) is 2.07. The van der Waals surface area contributed by atoms with Crippen molar-refractivity contribution in [3.63, 3.8) is 0 Å². The molecule has 0 saturated carbocycles. The van der Waals surface area contributed by atoms with E-state index < -0.39 is 0 Å². The molecule has 1 atom stereocenters. The molecule has 5 heteroatoms. The highest BCUT2D eigenvalue weighted by molar-refractivity contribution is 5.46. The van der Waals surface area contributed by atoms with E-state index in [4.69, 9.17) is 0 Å². The summed E-state index contributed by atoms with van der Waals surface area (Å²) in [6.07, 6.45) is 4.12. The Morgan fingerprint density at radius 2 is 2.00 bits per heavy atom. The van der Waals surface area contributed by atoms with Crippen molar-refractivity contribution in [2.45, 2.75) is 39.7 Å². The zero-order valence-electron chi connectivity index (χ0n) is 12.2. The Morgan fingerprint density at radius 3 is 2.63 bits per heavy atom. The second kappa shape index (κ2) is 6.19. The van der Waals surface area contributed by atoms with Crippen molar-refractivity contribution in [2.75, 3.05) is 30.3 Å². The van der Waals surface area contributed by atoms with Gasteiger partial charge < -0.3 is 16.0 Å². The van der Waals surface area contributed by atoms with E-state index in [0.29, 0.717) is 6.04 Å². The van der Waals surface area contributed by atoms with Crippen LogP contribution < -0.4 is 16.0 Å². The molecule has 1 unspecified atom stereocenters. The molecule has 5 nitrogen and oxygen atoms in total. The maximum absolute atomic E-state index is 4.25. The summed E-state index contributed by atoms with van der Waals surface area (Å²) < 4.78 is 0. The van der Waals surface area contributed by atoms with Crippen molar-refractivity contribution in [2.24, 2.45) is 5.41 Å². The van der Waals surface area contributed by atoms with Crippen molar-refractivity contribution in [1.29, 1.82) is 0 Å². The van der Waals surface area contributed by atoms with Crippen molar-refractivity contribution in [1.82, 2.24) is 15.3 Å².